The molecule has 0 radical (unpaired) electrons. The van der Waals surface area contributed by atoms with E-state index in [1.54, 1.807) is 0 Å². The van der Waals surface area contributed by atoms with Gasteiger partial charge in [0.25, 0.3) is 0 Å². The molecule has 0 saturated carbocycles. The fourth-order valence-corrected chi connectivity index (χ4v) is 3.57. The summed E-state index contributed by atoms with van der Waals surface area (Å²) in [4.78, 5) is 14.1. The maximum absolute atomic E-state index is 11.6. The second-order valence-corrected chi connectivity index (χ2v) is 6.45. The zero-order valence-corrected chi connectivity index (χ0v) is 14.2. The zero-order chi connectivity index (χ0) is 15.7. The molecule has 0 aromatic carbocycles. The Morgan fingerprint density at radius 2 is 1.95 bits per heavy atom. The molecule has 0 aliphatic carbocycles. The topological polar surface area (TPSA) is 52.6 Å². The van der Waals surface area contributed by atoms with Gasteiger partial charge in [0.1, 0.15) is 5.54 Å². The first-order valence-corrected chi connectivity index (χ1v) is 8.78. The number of carbonyl (C=O) groups is 1. The van der Waals surface area contributed by atoms with E-state index in [4.69, 9.17) is 0 Å². The molecule has 124 valence electrons. The summed E-state index contributed by atoms with van der Waals surface area (Å²) < 4.78 is 0. The highest BCUT2D eigenvalue weighted by atomic mass is 16.4. The number of rotatable bonds is 10. The highest BCUT2D eigenvalue weighted by molar-refractivity contribution is 5.78. The molecule has 0 bridgehead atoms. The van der Waals surface area contributed by atoms with Crippen molar-refractivity contribution in [2.24, 2.45) is 5.92 Å². The summed E-state index contributed by atoms with van der Waals surface area (Å²) in [7, 11) is 0. The highest BCUT2D eigenvalue weighted by Gasteiger charge is 2.35. The average Bonchev–Trinajstić information content (AvgIpc) is 2.48. The first-order chi connectivity index (χ1) is 10.1. The monoisotopic (exact) mass is 298 g/mol. The highest BCUT2D eigenvalue weighted by Crippen LogP contribution is 2.23. The van der Waals surface area contributed by atoms with Gasteiger partial charge < -0.3 is 15.3 Å². The van der Waals surface area contributed by atoms with Gasteiger partial charge in [-0.15, -0.1) is 0 Å². The van der Waals surface area contributed by atoms with Gasteiger partial charge in [-0.25, -0.2) is 0 Å². The van der Waals surface area contributed by atoms with Crippen LogP contribution in [-0.4, -0.2) is 47.7 Å². The van der Waals surface area contributed by atoms with E-state index in [-0.39, 0.29) is 0 Å². The standard InChI is InChI=1S/C17H34N2O2/c1-4-8-15-9-13-19(14-10-15)12-7-11-17(5-2,16(20)21)18-6-3/h15,18H,4-14H2,1-3H3,(H,20,21). The van der Waals surface area contributed by atoms with Gasteiger partial charge in [-0.3, -0.25) is 4.79 Å². The molecule has 0 spiro atoms. The second-order valence-electron chi connectivity index (χ2n) is 6.45. The second kappa shape index (κ2) is 9.42. The lowest BCUT2D eigenvalue weighted by Gasteiger charge is -2.34. The number of piperidine rings is 1. The molecule has 1 fully saturated rings. The summed E-state index contributed by atoms with van der Waals surface area (Å²) in [5.41, 5.74) is -0.727. The van der Waals surface area contributed by atoms with E-state index in [9.17, 15) is 9.90 Å². The molecule has 2 N–H and O–H groups in total. The van der Waals surface area contributed by atoms with Crippen LogP contribution in [0.2, 0.25) is 0 Å². The van der Waals surface area contributed by atoms with Gasteiger partial charge in [0.05, 0.1) is 0 Å². The average molecular weight is 298 g/mol. The van der Waals surface area contributed by atoms with Gasteiger partial charge in [-0.2, -0.15) is 0 Å². The maximum Gasteiger partial charge on any atom is 0.323 e. The van der Waals surface area contributed by atoms with Crippen LogP contribution in [0.4, 0.5) is 0 Å². The molecule has 0 amide bonds. The van der Waals surface area contributed by atoms with E-state index in [1.165, 1.54) is 38.8 Å². The summed E-state index contributed by atoms with van der Waals surface area (Å²) in [5.74, 6) is 0.218. The zero-order valence-electron chi connectivity index (χ0n) is 14.2. The summed E-state index contributed by atoms with van der Waals surface area (Å²) in [6, 6.07) is 0. The van der Waals surface area contributed by atoms with Crippen LogP contribution < -0.4 is 5.32 Å². The Balaban J connectivity index is 2.33. The molecule has 1 rings (SSSR count). The van der Waals surface area contributed by atoms with E-state index in [0.717, 1.165) is 25.3 Å². The molecule has 1 saturated heterocycles. The van der Waals surface area contributed by atoms with Crippen molar-refractivity contribution in [3.05, 3.63) is 0 Å². The lowest BCUT2D eigenvalue weighted by atomic mass is 9.89. The predicted molar refractivity (Wildman–Crippen MR) is 87.6 cm³/mol. The van der Waals surface area contributed by atoms with Crippen LogP contribution in [-0.2, 0) is 4.79 Å². The number of hydrogen-bond donors (Lipinski definition) is 2. The molecular weight excluding hydrogens is 264 g/mol. The number of carboxylic acids is 1. The SMILES string of the molecule is CCCC1CCN(CCCC(CC)(NCC)C(=O)O)CC1. The molecule has 21 heavy (non-hydrogen) atoms. The van der Waals surface area contributed by atoms with Gasteiger partial charge >= 0.3 is 5.97 Å². The minimum absolute atomic E-state index is 0.648. The number of likely N-dealkylation sites (N-methyl/N-ethyl adjacent to an activating group) is 1. The smallest absolute Gasteiger partial charge is 0.323 e. The van der Waals surface area contributed by atoms with Crippen molar-refractivity contribution in [2.75, 3.05) is 26.2 Å². The van der Waals surface area contributed by atoms with Crippen LogP contribution in [0.15, 0.2) is 0 Å². The molecule has 1 heterocycles. The molecule has 4 heteroatoms. The van der Waals surface area contributed by atoms with E-state index in [0.29, 0.717) is 13.0 Å². The van der Waals surface area contributed by atoms with Crippen LogP contribution >= 0.6 is 0 Å². The van der Waals surface area contributed by atoms with Crippen molar-refractivity contribution in [3.63, 3.8) is 0 Å². The fraction of sp³-hybridized carbons (Fsp3) is 0.941. The van der Waals surface area contributed by atoms with Crippen LogP contribution in [0.5, 0.6) is 0 Å². The number of nitrogens with one attached hydrogen (secondary N) is 1. The first-order valence-electron chi connectivity index (χ1n) is 8.78. The Bertz CT molecular complexity index is 301. The summed E-state index contributed by atoms with van der Waals surface area (Å²) in [6.45, 7) is 10.3. The molecule has 1 aliphatic rings. The van der Waals surface area contributed by atoms with E-state index < -0.39 is 11.5 Å². The molecule has 1 aliphatic heterocycles. The molecule has 0 aromatic rings. The number of likely N-dealkylation sites (tertiary alicyclic amines) is 1. The van der Waals surface area contributed by atoms with Crippen molar-refractivity contribution >= 4 is 5.97 Å². The number of hydrogen-bond acceptors (Lipinski definition) is 3. The molecule has 0 aromatic heterocycles. The van der Waals surface area contributed by atoms with Gasteiger partial charge in [0.15, 0.2) is 0 Å². The normalized spacial score (nSPS) is 20.3. The van der Waals surface area contributed by atoms with Gasteiger partial charge in [0, 0.05) is 0 Å². The summed E-state index contributed by atoms with van der Waals surface area (Å²) in [5, 5.41) is 12.7. The van der Waals surface area contributed by atoms with E-state index >= 15 is 0 Å². The molecular formula is C17H34N2O2. The van der Waals surface area contributed by atoms with Crippen LogP contribution in [0.3, 0.4) is 0 Å². The van der Waals surface area contributed by atoms with Gasteiger partial charge in [0.2, 0.25) is 0 Å². The van der Waals surface area contributed by atoms with E-state index in [2.05, 4.69) is 17.1 Å². The van der Waals surface area contributed by atoms with Crippen molar-refractivity contribution in [1.82, 2.24) is 10.2 Å². The summed E-state index contributed by atoms with van der Waals surface area (Å²) >= 11 is 0. The lowest BCUT2D eigenvalue weighted by molar-refractivity contribution is -0.145. The number of nitrogens with zero attached hydrogens (tertiary/aromatic N) is 1. The van der Waals surface area contributed by atoms with Gasteiger partial charge in [-0.05, 0) is 64.2 Å². The predicted octanol–water partition coefficient (Wildman–Crippen LogP) is 3.12. The molecule has 4 nitrogen and oxygen atoms in total. The maximum atomic E-state index is 11.6. The van der Waals surface area contributed by atoms with Crippen molar-refractivity contribution in [1.29, 1.82) is 0 Å². The third kappa shape index (κ3) is 5.59. The fourth-order valence-electron chi connectivity index (χ4n) is 3.57. The molecule has 1 unspecified atom stereocenters. The Morgan fingerprint density at radius 1 is 1.29 bits per heavy atom. The largest absolute Gasteiger partial charge is 0.480 e. The Hall–Kier alpha value is -0.610. The third-order valence-electron chi connectivity index (χ3n) is 5.01. The lowest BCUT2D eigenvalue weighted by Crippen LogP contribution is -2.52. The molecule has 1 atom stereocenters. The van der Waals surface area contributed by atoms with Crippen LogP contribution in [0.25, 0.3) is 0 Å². The minimum Gasteiger partial charge on any atom is -0.480 e. The Morgan fingerprint density at radius 3 is 2.43 bits per heavy atom. The first kappa shape index (κ1) is 18.4. The van der Waals surface area contributed by atoms with Crippen molar-refractivity contribution in [3.8, 4) is 0 Å². The van der Waals surface area contributed by atoms with E-state index in [1.807, 2.05) is 13.8 Å². The van der Waals surface area contributed by atoms with Crippen LogP contribution in [0.1, 0.15) is 65.7 Å². The Labute approximate surface area is 130 Å². The third-order valence-corrected chi connectivity index (χ3v) is 5.01. The van der Waals surface area contributed by atoms with Gasteiger partial charge in [-0.1, -0.05) is 33.6 Å². The van der Waals surface area contributed by atoms with Crippen molar-refractivity contribution < 1.29 is 9.90 Å². The number of aliphatic carboxylic acids is 1. The summed E-state index contributed by atoms with van der Waals surface area (Å²) in [6.07, 6.45) is 7.64. The minimum atomic E-state index is -0.727. The van der Waals surface area contributed by atoms with Crippen molar-refractivity contribution in [2.45, 2.75) is 71.3 Å². The quantitative estimate of drug-likeness (QED) is 0.650. The Kier molecular flexibility index (Phi) is 8.27. The number of carboxylic acid groups (broad SMARTS) is 1. The van der Waals surface area contributed by atoms with Crippen LogP contribution in [0, 0.1) is 5.92 Å².